The van der Waals surface area contributed by atoms with Crippen LogP contribution < -0.4 is 5.73 Å². The molecule has 1 saturated carbocycles. The highest BCUT2D eigenvalue weighted by atomic mass is 16.5. The molecule has 3 N–H and O–H groups in total. The smallest absolute Gasteiger partial charge is 0.103 e. The fourth-order valence-electron chi connectivity index (χ4n) is 1.76. The molecule has 0 amide bonds. The first-order chi connectivity index (χ1) is 5.23. The molecule has 66 valence electrons. The molecule has 0 aromatic carbocycles. The van der Waals surface area contributed by atoms with E-state index in [1.54, 1.807) is 7.11 Å². The molecule has 0 radical (unpaired) electrons. The van der Waals surface area contributed by atoms with Crippen molar-refractivity contribution in [1.29, 1.82) is 0 Å². The molecule has 0 heterocycles. The Kier molecular flexibility index (Phi) is 2.87. The van der Waals surface area contributed by atoms with Crippen molar-refractivity contribution in [2.24, 2.45) is 5.73 Å². The summed E-state index contributed by atoms with van der Waals surface area (Å²) in [6, 6.07) is 0. The monoisotopic (exact) mass is 159 g/mol. The first-order valence-electron chi connectivity index (χ1n) is 4.18. The molecular formula is C8H17NO2. The van der Waals surface area contributed by atoms with Crippen molar-refractivity contribution >= 4 is 0 Å². The zero-order chi connectivity index (χ0) is 8.32. The molecule has 0 bridgehead atoms. The van der Waals surface area contributed by atoms with Crippen molar-refractivity contribution in [1.82, 2.24) is 0 Å². The summed E-state index contributed by atoms with van der Waals surface area (Å²) in [6.45, 7) is 0.311. The number of hydrogen-bond donors (Lipinski definition) is 2. The summed E-state index contributed by atoms with van der Waals surface area (Å²) in [7, 11) is 1.64. The maximum atomic E-state index is 9.89. The SMILES string of the molecule is COC1CCCCC1(O)CN. The van der Waals surface area contributed by atoms with Gasteiger partial charge in [0, 0.05) is 13.7 Å². The minimum atomic E-state index is -0.757. The quantitative estimate of drug-likeness (QED) is 0.608. The summed E-state index contributed by atoms with van der Waals surface area (Å²) in [5.41, 5.74) is 4.72. The molecule has 2 atom stereocenters. The van der Waals surface area contributed by atoms with Gasteiger partial charge in [-0.25, -0.2) is 0 Å². The summed E-state index contributed by atoms with van der Waals surface area (Å²) in [5, 5.41) is 9.89. The van der Waals surface area contributed by atoms with Crippen LogP contribution >= 0.6 is 0 Å². The topological polar surface area (TPSA) is 55.5 Å². The second kappa shape index (κ2) is 3.52. The van der Waals surface area contributed by atoms with E-state index in [4.69, 9.17) is 10.5 Å². The van der Waals surface area contributed by atoms with Gasteiger partial charge in [-0.2, -0.15) is 0 Å². The Labute approximate surface area is 67.5 Å². The molecular weight excluding hydrogens is 142 g/mol. The largest absolute Gasteiger partial charge is 0.386 e. The van der Waals surface area contributed by atoms with Crippen LogP contribution in [0.1, 0.15) is 25.7 Å². The van der Waals surface area contributed by atoms with Crippen LogP contribution in [0.3, 0.4) is 0 Å². The van der Waals surface area contributed by atoms with Crippen molar-refractivity contribution in [3.63, 3.8) is 0 Å². The first kappa shape index (κ1) is 8.97. The lowest BCUT2D eigenvalue weighted by Gasteiger charge is -2.37. The molecule has 0 saturated heterocycles. The van der Waals surface area contributed by atoms with Gasteiger partial charge in [0.1, 0.15) is 5.60 Å². The van der Waals surface area contributed by atoms with E-state index in [1.807, 2.05) is 0 Å². The Morgan fingerprint density at radius 3 is 2.82 bits per heavy atom. The van der Waals surface area contributed by atoms with E-state index in [0.29, 0.717) is 6.54 Å². The van der Waals surface area contributed by atoms with Gasteiger partial charge in [0.25, 0.3) is 0 Å². The molecule has 2 unspecified atom stereocenters. The van der Waals surface area contributed by atoms with E-state index in [0.717, 1.165) is 25.7 Å². The number of methoxy groups -OCH3 is 1. The minimum Gasteiger partial charge on any atom is -0.386 e. The highest BCUT2D eigenvalue weighted by molar-refractivity contribution is 4.91. The third-order valence-electron chi connectivity index (χ3n) is 2.56. The van der Waals surface area contributed by atoms with Gasteiger partial charge in [-0.1, -0.05) is 12.8 Å². The zero-order valence-corrected chi connectivity index (χ0v) is 7.05. The molecule has 0 aromatic heterocycles. The van der Waals surface area contributed by atoms with Gasteiger partial charge in [0.2, 0.25) is 0 Å². The highest BCUT2D eigenvalue weighted by Gasteiger charge is 2.37. The predicted octanol–water partition coefficient (Wildman–Crippen LogP) is 0.265. The van der Waals surface area contributed by atoms with Gasteiger partial charge in [-0.05, 0) is 12.8 Å². The Hall–Kier alpha value is -0.120. The van der Waals surface area contributed by atoms with Crippen molar-refractivity contribution in [2.45, 2.75) is 37.4 Å². The van der Waals surface area contributed by atoms with Gasteiger partial charge in [-0.15, -0.1) is 0 Å². The Bertz CT molecular complexity index is 129. The van der Waals surface area contributed by atoms with Crippen molar-refractivity contribution in [2.75, 3.05) is 13.7 Å². The number of aliphatic hydroxyl groups is 1. The summed E-state index contributed by atoms with van der Waals surface area (Å²) >= 11 is 0. The molecule has 1 rings (SSSR count). The second-order valence-corrected chi connectivity index (χ2v) is 3.28. The van der Waals surface area contributed by atoms with E-state index >= 15 is 0 Å². The van der Waals surface area contributed by atoms with Crippen LogP contribution in [-0.4, -0.2) is 30.5 Å². The maximum Gasteiger partial charge on any atom is 0.103 e. The fourth-order valence-corrected chi connectivity index (χ4v) is 1.76. The highest BCUT2D eigenvalue weighted by Crippen LogP contribution is 2.29. The minimum absolute atomic E-state index is 0.0544. The average Bonchev–Trinajstić information content (AvgIpc) is 2.05. The fraction of sp³-hybridized carbons (Fsp3) is 1.00. The van der Waals surface area contributed by atoms with Crippen LogP contribution in [0.25, 0.3) is 0 Å². The molecule has 1 aliphatic carbocycles. The maximum absolute atomic E-state index is 9.89. The van der Waals surface area contributed by atoms with Crippen LogP contribution in [0.4, 0.5) is 0 Å². The van der Waals surface area contributed by atoms with Gasteiger partial charge in [-0.3, -0.25) is 0 Å². The summed E-state index contributed by atoms with van der Waals surface area (Å²) < 4.78 is 5.17. The van der Waals surface area contributed by atoms with Crippen LogP contribution in [-0.2, 0) is 4.74 Å². The molecule has 0 spiro atoms. The van der Waals surface area contributed by atoms with Crippen LogP contribution in [0.15, 0.2) is 0 Å². The normalized spacial score (nSPS) is 39.0. The summed E-state index contributed by atoms with van der Waals surface area (Å²) in [6.07, 6.45) is 3.86. The van der Waals surface area contributed by atoms with Crippen molar-refractivity contribution in [3.8, 4) is 0 Å². The van der Waals surface area contributed by atoms with E-state index in [-0.39, 0.29) is 6.10 Å². The van der Waals surface area contributed by atoms with E-state index in [2.05, 4.69) is 0 Å². The van der Waals surface area contributed by atoms with Gasteiger partial charge < -0.3 is 15.6 Å². The average molecular weight is 159 g/mol. The van der Waals surface area contributed by atoms with Crippen LogP contribution in [0.2, 0.25) is 0 Å². The summed E-state index contributed by atoms with van der Waals surface area (Å²) in [4.78, 5) is 0. The van der Waals surface area contributed by atoms with E-state index in [9.17, 15) is 5.11 Å². The lowest BCUT2D eigenvalue weighted by molar-refractivity contribution is -0.110. The molecule has 3 nitrogen and oxygen atoms in total. The van der Waals surface area contributed by atoms with Crippen LogP contribution in [0.5, 0.6) is 0 Å². The second-order valence-electron chi connectivity index (χ2n) is 3.28. The lowest BCUT2D eigenvalue weighted by atomic mass is 9.82. The van der Waals surface area contributed by atoms with Crippen molar-refractivity contribution < 1.29 is 9.84 Å². The standard InChI is InChI=1S/C8H17NO2/c1-11-7-4-2-3-5-8(7,10)6-9/h7,10H,2-6,9H2,1H3. The molecule has 11 heavy (non-hydrogen) atoms. The molecule has 1 aliphatic rings. The molecule has 1 fully saturated rings. The Morgan fingerprint density at radius 1 is 1.64 bits per heavy atom. The number of ether oxygens (including phenoxy) is 1. The summed E-state index contributed by atoms with van der Waals surface area (Å²) in [5.74, 6) is 0. The third-order valence-corrected chi connectivity index (χ3v) is 2.56. The van der Waals surface area contributed by atoms with E-state index < -0.39 is 5.60 Å². The van der Waals surface area contributed by atoms with Gasteiger partial charge in [0.15, 0.2) is 0 Å². The Morgan fingerprint density at radius 2 is 2.36 bits per heavy atom. The number of hydrogen-bond acceptors (Lipinski definition) is 3. The van der Waals surface area contributed by atoms with Gasteiger partial charge >= 0.3 is 0 Å². The molecule has 3 heteroatoms. The molecule has 0 aromatic rings. The first-order valence-corrected chi connectivity index (χ1v) is 4.18. The number of nitrogens with two attached hydrogens (primary N) is 1. The van der Waals surface area contributed by atoms with Crippen molar-refractivity contribution in [3.05, 3.63) is 0 Å². The number of rotatable bonds is 2. The van der Waals surface area contributed by atoms with E-state index in [1.165, 1.54) is 0 Å². The van der Waals surface area contributed by atoms with Crippen LogP contribution in [0, 0.1) is 0 Å². The molecule has 0 aliphatic heterocycles. The lowest BCUT2D eigenvalue weighted by Crippen LogP contribution is -2.51. The predicted molar refractivity (Wildman–Crippen MR) is 43.3 cm³/mol. The Balaban J connectivity index is 2.57. The zero-order valence-electron chi connectivity index (χ0n) is 7.05. The third kappa shape index (κ3) is 1.72. The van der Waals surface area contributed by atoms with Gasteiger partial charge in [0.05, 0.1) is 6.10 Å².